The summed E-state index contributed by atoms with van der Waals surface area (Å²) >= 11 is 0. The van der Waals surface area contributed by atoms with Crippen LogP contribution in [0, 0.1) is 0 Å². The van der Waals surface area contributed by atoms with Crippen molar-refractivity contribution in [2.24, 2.45) is 0 Å². The van der Waals surface area contributed by atoms with Gasteiger partial charge in [-0.25, -0.2) is 0 Å². The van der Waals surface area contributed by atoms with E-state index in [1.165, 1.54) is 96.3 Å². The number of carbonyl (C=O) groups is 3. The fourth-order valence-electron chi connectivity index (χ4n) is 8.46. The maximum absolute atomic E-state index is 12.9. The molecule has 0 spiro atoms. The lowest BCUT2D eigenvalue weighted by atomic mass is 10.0. The summed E-state index contributed by atoms with van der Waals surface area (Å²) in [5.74, 6) is -1.08. The van der Waals surface area contributed by atoms with E-state index in [9.17, 15) is 14.4 Å². The molecule has 0 heterocycles. The minimum atomic E-state index is -0.844. The highest BCUT2D eigenvalue weighted by Gasteiger charge is 2.19. The molecule has 1 unspecified atom stereocenters. The van der Waals surface area contributed by atoms with Gasteiger partial charge in [0.25, 0.3) is 0 Å². The van der Waals surface area contributed by atoms with Gasteiger partial charge < -0.3 is 14.2 Å². The highest BCUT2D eigenvalue weighted by Crippen LogP contribution is 2.16. The van der Waals surface area contributed by atoms with Crippen LogP contribution in [0.4, 0.5) is 0 Å². The fourth-order valence-corrected chi connectivity index (χ4v) is 8.46. The monoisotopic (exact) mass is 1110 g/mol. The molecule has 0 aromatic rings. The van der Waals surface area contributed by atoms with E-state index < -0.39 is 6.10 Å². The van der Waals surface area contributed by atoms with Gasteiger partial charge in [-0.15, -0.1) is 0 Å². The van der Waals surface area contributed by atoms with Gasteiger partial charge in [-0.1, -0.05) is 287 Å². The number of allylic oxidation sites excluding steroid dienone is 28. The maximum atomic E-state index is 12.9. The maximum Gasteiger partial charge on any atom is 0.306 e. The SMILES string of the molecule is CC/C=C\C/C=C\C/C=C\C/C=C\C/C=C\CCCCCCCCCCCCCCCCCCCC(=O)OCC(COC(=O)CC/C=C\C/C=C\C/C=C\C/C=C\CC)OC(=O)CCC/C=C\C/C=C\C/C=C\C/C=C\C/C=C\CC. The van der Waals surface area contributed by atoms with Crippen molar-refractivity contribution in [1.29, 1.82) is 0 Å². The second-order valence-corrected chi connectivity index (χ2v) is 20.9. The number of carbonyl (C=O) groups excluding carboxylic acids is 3. The molecule has 6 nitrogen and oxygen atoms in total. The van der Waals surface area contributed by atoms with Crippen molar-refractivity contribution in [2.75, 3.05) is 13.2 Å². The van der Waals surface area contributed by atoms with Gasteiger partial charge >= 0.3 is 17.9 Å². The van der Waals surface area contributed by atoms with Crippen LogP contribution in [0.25, 0.3) is 0 Å². The predicted octanol–water partition coefficient (Wildman–Crippen LogP) is 22.7. The highest BCUT2D eigenvalue weighted by atomic mass is 16.6. The fraction of sp³-hybridized carbons (Fsp3) is 0.587. The van der Waals surface area contributed by atoms with Gasteiger partial charge in [0, 0.05) is 19.3 Å². The van der Waals surface area contributed by atoms with Gasteiger partial charge in [0.1, 0.15) is 13.2 Å². The normalized spacial score (nSPS) is 13.3. The smallest absolute Gasteiger partial charge is 0.306 e. The zero-order valence-corrected chi connectivity index (χ0v) is 52.0. The number of rotatable bonds is 57. The molecule has 0 aliphatic heterocycles. The third-order valence-electron chi connectivity index (χ3n) is 13.2. The topological polar surface area (TPSA) is 78.9 Å². The Morgan fingerprint density at radius 3 is 0.802 bits per heavy atom. The van der Waals surface area contributed by atoms with E-state index in [4.69, 9.17) is 14.2 Å². The first-order chi connectivity index (χ1) is 40.0. The molecule has 1 atom stereocenters. The predicted molar refractivity (Wildman–Crippen MR) is 352 cm³/mol. The number of esters is 3. The van der Waals surface area contributed by atoms with Crippen molar-refractivity contribution in [3.05, 3.63) is 170 Å². The average molecular weight is 1120 g/mol. The van der Waals surface area contributed by atoms with Crippen LogP contribution in [0.3, 0.4) is 0 Å². The van der Waals surface area contributed by atoms with Crippen molar-refractivity contribution in [2.45, 2.75) is 271 Å². The Morgan fingerprint density at radius 1 is 0.247 bits per heavy atom. The van der Waals surface area contributed by atoms with Crippen molar-refractivity contribution >= 4 is 17.9 Å². The quantitative estimate of drug-likeness (QED) is 0.0261. The van der Waals surface area contributed by atoms with E-state index in [1.54, 1.807) is 0 Å². The summed E-state index contributed by atoms with van der Waals surface area (Å²) in [6, 6.07) is 0. The molecule has 0 aromatic carbocycles. The molecule has 6 heteroatoms. The Morgan fingerprint density at radius 2 is 0.481 bits per heavy atom. The van der Waals surface area contributed by atoms with Crippen LogP contribution < -0.4 is 0 Å². The molecule has 0 amide bonds. The first kappa shape index (κ1) is 75.8. The lowest BCUT2D eigenvalue weighted by molar-refractivity contribution is -0.166. The molecule has 0 aliphatic carbocycles. The zero-order chi connectivity index (χ0) is 58.5. The van der Waals surface area contributed by atoms with Crippen LogP contribution in [0.5, 0.6) is 0 Å². The highest BCUT2D eigenvalue weighted by molar-refractivity contribution is 5.71. The molecular formula is C75H118O6. The molecule has 0 aliphatic rings. The molecule has 0 saturated carbocycles. The first-order valence-corrected chi connectivity index (χ1v) is 32.6. The summed E-state index contributed by atoms with van der Waals surface area (Å²) < 4.78 is 16.8. The van der Waals surface area contributed by atoms with E-state index in [0.717, 1.165) is 116 Å². The van der Waals surface area contributed by atoms with Crippen molar-refractivity contribution < 1.29 is 28.6 Å². The van der Waals surface area contributed by atoms with Gasteiger partial charge in [-0.3, -0.25) is 14.4 Å². The molecule has 0 radical (unpaired) electrons. The standard InChI is InChI=1S/C75H118O6/c1-4-7-10-13-16-19-22-25-27-29-30-31-32-33-34-35-36-37-38-39-40-41-42-43-44-46-47-50-53-56-59-62-65-68-74(77)80-71-72(70-79-73(76)67-64-61-58-55-52-49-24-21-18-15-12-9-6-3)81-75(78)69-66-63-60-57-54-51-48-45-28-26-23-20-17-14-11-8-5-2/h7-12,16-21,25-28,30-31,33-34,48-49,51-52,57-58,60-61,72H,4-6,13-15,22-24,29,32,35-47,50,53-56,59,62-71H2,1-3H3/b10-7-,11-8-,12-9-,19-16-,20-17-,21-18-,27-25-,28-26-,31-30-,34-33-,51-48-,52-49-,60-57-,61-58-. The third kappa shape index (κ3) is 65.5. The summed E-state index contributed by atoms with van der Waals surface area (Å²) in [6.07, 6.45) is 99.8. The first-order valence-electron chi connectivity index (χ1n) is 32.6. The second kappa shape index (κ2) is 67.3. The summed E-state index contributed by atoms with van der Waals surface area (Å²) in [4.78, 5) is 38.2. The van der Waals surface area contributed by atoms with Crippen LogP contribution in [0.2, 0.25) is 0 Å². The molecule has 0 bridgehead atoms. The van der Waals surface area contributed by atoms with Gasteiger partial charge in [-0.05, 0) is 128 Å². The molecule has 0 rings (SSSR count). The van der Waals surface area contributed by atoms with Crippen LogP contribution in [-0.4, -0.2) is 37.2 Å². The summed E-state index contributed by atoms with van der Waals surface area (Å²) in [6.45, 7) is 6.18. The van der Waals surface area contributed by atoms with E-state index in [0.29, 0.717) is 19.3 Å². The third-order valence-corrected chi connectivity index (χ3v) is 13.2. The second-order valence-electron chi connectivity index (χ2n) is 20.9. The molecule has 0 fully saturated rings. The molecular weight excluding hydrogens is 997 g/mol. The Hall–Kier alpha value is -5.23. The summed E-state index contributed by atoms with van der Waals surface area (Å²) in [5, 5.41) is 0. The Kier molecular flexibility index (Phi) is 62.9. The molecule has 81 heavy (non-hydrogen) atoms. The lowest BCUT2D eigenvalue weighted by Gasteiger charge is -2.18. The van der Waals surface area contributed by atoms with E-state index in [1.807, 2.05) is 12.2 Å². The zero-order valence-electron chi connectivity index (χ0n) is 52.0. The Labute approximate surface area is 498 Å². The van der Waals surface area contributed by atoms with Crippen LogP contribution in [-0.2, 0) is 28.6 Å². The number of ether oxygens (including phenoxy) is 3. The largest absolute Gasteiger partial charge is 0.462 e. The number of hydrogen-bond acceptors (Lipinski definition) is 6. The average Bonchev–Trinajstić information content (AvgIpc) is 3.46. The molecule has 0 saturated heterocycles. The molecule has 0 aromatic heterocycles. The molecule has 454 valence electrons. The van der Waals surface area contributed by atoms with Gasteiger partial charge in [0.05, 0.1) is 0 Å². The lowest BCUT2D eigenvalue weighted by Crippen LogP contribution is -2.30. The van der Waals surface area contributed by atoms with E-state index >= 15 is 0 Å². The van der Waals surface area contributed by atoms with Gasteiger partial charge in [-0.2, -0.15) is 0 Å². The minimum absolute atomic E-state index is 0.128. The van der Waals surface area contributed by atoms with Crippen LogP contribution in [0.1, 0.15) is 265 Å². The minimum Gasteiger partial charge on any atom is -0.462 e. The summed E-state index contributed by atoms with van der Waals surface area (Å²) in [5.41, 5.74) is 0. The van der Waals surface area contributed by atoms with Gasteiger partial charge in [0.15, 0.2) is 6.10 Å². The number of unbranched alkanes of at least 4 members (excludes halogenated alkanes) is 18. The van der Waals surface area contributed by atoms with E-state index in [-0.39, 0.29) is 44.0 Å². The van der Waals surface area contributed by atoms with Crippen molar-refractivity contribution in [1.82, 2.24) is 0 Å². The van der Waals surface area contributed by atoms with Gasteiger partial charge in [0.2, 0.25) is 0 Å². The van der Waals surface area contributed by atoms with E-state index in [2.05, 4.69) is 179 Å². The van der Waals surface area contributed by atoms with Crippen LogP contribution in [0.15, 0.2) is 170 Å². The molecule has 0 N–H and O–H groups in total. The Bertz CT molecular complexity index is 1860. The van der Waals surface area contributed by atoms with Crippen LogP contribution >= 0.6 is 0 Å². The summed E-state index contributed by atoms with van der Waals surface area (Å²) in [7, 11) is 0. The Balaban J connectivity index is 4.29. The van der Waals surface area contributed by atoms with Crippen molar-refractivity contribution in [3.8, 4) is 0 Å². The van der Waals surface area contributed by atoms with Crippen molar-refractivity contribution in [3.63, 3.8) is 0 Å². The number of hydrogen-bond donors (Lipinski definition) is 0.